The van der Waals surface area contributed by atoms with Gasteiger partial charge in [0.15, 0.2) is 0 Å². The third-order valence-electron chi connectivity index (χ3n) is 2.42. The molecule has 84 valence electrons. The highest BCUT2D eigenvalue weighted by atomic mass is 15.0. The molecule has 0 spiro atoms. The summed E-state index contributed by atoms with van der Waals surface area (Å²) in [5, 5.41) is 3.25. The largest absolute Gasteiger partial charge is 0.369 e. The molecular formula is C12H16N4. The summed E-state index contributed by atoms with van der Waals surface area (Å²) in [7, 11) is 0. The van der Waals surface area contributed by atoms with Crippen LogP contribution in [0.25, 0.3) is 11.0 Å². The van der Waals surface area contributed by atoms with E-state index in [1.165, 1.54) is 0 Å². The lowest BCUT2D eigenvalue weighted by molar-refractivity contribution is 0.868. The summed E-state index contributed by atoms with van der Waals surface area (Å²) in [6.45, 7) is 3.49. The molecule has 1 aromatic heterocycles. The second-order valence-electron chi connectivity index (χ2n) is 3.72. The molecule has 0 fully saturated rings. The number of hydrogen-bond donors (Lipinski definition) is 2. The van der Waals surface area contributed by atoms with Crippen molar-refractivity contribution in [2.75, 3.05) is 18.4 Å². The maximum atomic E-state index is 5.45. The minimum Gasteiger partial charge on any atom is -0.369 e. The first-order valence-electron chi connectivity index (χ1n) is 5.48. The van der Waals surface area contributed by atoms with E-state index in [0.29, 0.717) is 6.54 Å². The van der Waals surface area contributed by atoms with Gasteiger partial charge in [0.25, 0.3) is 0 Å². The second kappa shape index (κ2) is 4.90. The number of nitrogens with two attached hydrogens (primary N) is 1. The first kappa shape index (κ1) is 10.8. The van der Waals surface area contributed by atoms with E-state index >= 15 is 0 Å². The standard InChI is InChI=1S/C12H16N4/c1-9-12(14-8-4-7-13)16-11-6-3-2-5-10(11)15-9/h2-3,5-6H,4,7-8,13H2,1H3,(H,14,16). The first-order chi connectivity index (χ1) is 7.81. The Hall–Kier alpha value is -1.68. The molecule has 0 aliphatic rings. The van der Waals surface area contributed by atoms with Gasteiger partial charge < -0.3 is 11.1 Å². The Kier molecular flexibility index (Phi) is 3.31. The van der Waals surface area contributed by atoms with Crippen LogP contribution in [0.5, 0.6) is 0 Å². The Balaban J connectivity index is 2.27. The van der Waals surface area contributed by atoms with Gasteiger partial charge >= 0.3 is 0 Å². The minimum absolute atomic E-state index is 0.688. The fourth-order valence-corrected chi connectivity index (χ4v) is 1.56. The molecule has 2 aromatic rings. The maximum absolute atomic E-state index is 5.45. The van der Waals surface area contributed by atoms with E-state index in [4.69, 9.17) is 5.73 Å². The lowest BCUT2D eigenvalue weighted by Gasteiger charge is -2.08. The van der Waals surface area contributed by atoms with Gasteiger partial charge in [-0.2, -0.15) is 0 Å². The predicted molar refractivity (Wildman–Crippen MR) is 66.4 cm³/mol. The van der Waals surface area contributed by atoms with E-state index in [9.17, 15) is 0 Å². The van der Waals surface area contributed by atoms with Crippen LogP contribution in [0.2, 0.25) is 0 Å². The third-order valence-corrected chi connectivity index (χ3v) is 2.42. The molecule has 0 aliphatic carbocycles. The van der Waals surface area contributed by atoms with E-state index in [2.05, 4.69) is 15.3 Å². The van der Waals surface area contributed by atoms with Crippen molar-refractivity contribution < 1.29 is 0 Å². The Morgan fingerprint density at radius 1 is 1.19 bits per heavy atom. The molecule has 0 saturated heterocycles. The fraction of sp³-hybridized carbons (Fsp3) is 0.333. The number of fused-ring (bicyclic) bond motifs is 1. The van der Waals surface area contributed by atoms with Gasteiger partial charge in [-0.05, 0) is 32.0 Å². The quantitative estimate of drug-likeness (QED) is 0.763. The smallest absolute Gasteiger partial charge is 0.148 e. The summed E-state index contributed by atoms with van der Waals surface area (Å²) in [5.74, 6) is 0.854. The Morgan fingerprint density at radius 2 is 1.88 bits per heavy atom. The number of aromatic nitrogens is 2. The molecule has 0 radical (unpaired) electrons. The van der Waals surface area contributed by atoms with Crippen LogP contribution in [0.15, 0.2) is 24.3 Å². The van der Waals surface area contributed by atoms with Crippen LogP contribution < -0.4 is 11.1 Å². The summed E-state index contributed by atoms with van der Waals surface area (Å²) in [6, 6.07) is 7.88. The highest BCUT2D eigenvalue weighted by molar-refractivity contribution is 5.76. The summed E-state index contributed by atoms with van der Waals surface area (Å²) >= 11 is 0. The van der Waals surface area contributed by atoms with Crippen molar-refractivity contribution in [3.8, 4) is 0 Å². The monoisotopic (exact) mass is 216 g/mol. The van der Waals surface area contributed by atoms with Gasteiger partial charge in [-0.25, -0.2) is 9.97 Å². The number of aryl methyl sites for hydroxylation is 1. The Morgan fingerprint density at radius 3 is 2.56 bits per heavy atom. The molecule has 0 amide bonds. The molecule has 0 saturated carbocycles. The number of para-hydroxylation sites is 2. The number of nitrogens with one attached hydrogen (secondary N) is 1. The predicted octanol–water partition coefficient (Wildman–Crippen LogP) is 1.70. The van der Waals surface area contributed by atoms with E-state index in [1.54, 1.807) is 0 Å². The zero-order valence-electron chi connectivity index (χ0n) is 9.40. The van der Waals surface area contributed by atoms with Crippen LogP contribution in [0.4, 0.5) is 5.82 Å². The average molecular weight is 216 g/mol. The van der Waals surface area contributed by atoms with Gasteiger partial charge in [0, 0.05) is 6.54 Å². The maximum Gasteiger partial charge on any atom is 0.148 e. The van der Waals surface area contributed by atoms with Crippen molar-refractivity contribution in [2.24, 2.45) is 5.73 Å². The molecule has 4 heteroatoms. The van der Waals surface area contributed by atoms with Gasteiger partial charge in [-0.15, -0.1) is 0 Å². The van der Waals surface area contributed by atoms with Crippen LogP contribution in [0, 0.1) is 6.92 Å². The van der Waals surface area contributed by atoms with E-state index in [0.717, 1.165) is 35.5 Å². The van der Waals surface area contributed by atoms with Crippen LogP contribution in [-0.2, 0) is 0 Å². The number of nitrogens with zero attached hydrogens (tertiary/aromatic N) is 2. The zero-order chi connectivity index (χ0) is 11.4. The fourth-order valence-electron chi connectivity index (χ4n) is 1.56. The minimum atomic E-state index is 0.688. The van der Waals surface area contributed by atoms with Crippen molar-refractivity contribution in [1.29, 1.82) is 0 Å². The van der Waals surface area contributed by atoms with Gasteiger partial charge in [0.1, 0.15) is 5.82 Å². The summed E-state index contributed by atoms with van der Waals surface area (Å²) in [4.78, 5) is 9.03. The topological polar surface area (TPSA) is 63.8 Å². The summed E-state index contributed by atoms with van der Waals surface area (Å²) < 4.78 is 0. The lowest BCUT2D eigenvalue weighted by Crippen LogP contribution is -2.10. The van der Waals surface area contributed by atoms with Crippen molar-refractivity contribution in [3.63, 3.8) is 0 Å². The first-order valence-corrected chi connectivity index (χ1v) is 5.48. The SMILES string of the molecule is Cc1nc2ccccc2nc1NCCCN. The van der Waals surface area contributed by atoms with E-state index in [1.807, 2.05) is 31.2 Å². The van der Waals surface area contributed by atoms with E-state index < -0.39 is 0 Å². The molecule has 0 bridgehead atoms. The molecule has 1 aromatic carbocycles. The molecule has 3 N–H and O–H groups in total. The van der Waals surface area contributed by atoms with Gasteiger partial charge in [-0.3, -0.25) is 0 Å². The van der Waals surface area contributed by atoms with E-state index in [-0.39, 0.29) is 0 Å². The Labute approximate surface area is 94.9 Å². The van der Waals surface area contributed by atoms with Gasteiger partial charge in [0.05, 0.1) is 16.7 Å². The highest BCUT2D eigenvalue weighted by Gasteiger charge is 2.03. The van der Waals surface area contributed by atoms with Gasteiger partial charge in [-0.1, -0.05) is 12.1 Å². The number of benzene rings is 1. The lowest BCUT2D eigenvalue weighted by atomic mass is 10.3. The van der Waals surface area contributed by atoms with Crippen molar-refractivity contribution in [2.45, 2.75) is 13.3 Å². The molecular weight excluding hydrogens is 200 g/mol. The van der Waals surface area contributed by atoms with Gasteiger partial charge in [0.2, 0.25) is 0 Å². The number of anilines is 1. The molecule has 0 unspecified atom stereocenters. The molecule has 16 heavy (non-hydrogen) atoms. The highest BCUT2D eigenvalue weighted by Crippen LogP contribution is 2.15. The normalized spacial score (nSPS) is 10.6. The van der Waals surface area contributed by atoms with Crippen LogP contribution in [-0.4, -0.2) is 23.1 Å². The Bertz CT molecular complexity index is 481. The molecule has 0 atom stereocenters. The number of rotatable bonds is 4. The van der Waals surface area contributed by atoms with Crippen LogP contribution in [0.1, 0.15) is 12.1 Å². The average Bonchev–Trinajstić information content (AvgIpc) is 2.30. The molecule has 4 nitrogen and oxygen atoms in total. The number of hydrogen-bond acceptors (Lipinski definition) is 4. The molecule has 2 rings (SSSR count). The summed E-state index contributed by atoms with van der Waals surface area (Å²) in [6.07, 6.45) is 0.938. The zero-order valence-corrected chi connectivity index (χ0v) is 9.40. The second-order valence-corrected chi connectivity index (χ2v) is 3.72. The molecule has 1 heterocycles. The van der Waals surface area contributed by atoms with Crippen molar-refractivity contribution >= 4 is 16.9 Å². The summed E-state index contributed by atoms with van der Waals surface area (Å²) in [5.41, 5.74) is 8.23. The van der Waals surface area contributed by atoms with Crippen LogP contribution >= 0.6 is 0 Å². The molecule has 0 aliphatic heterocycles. The third kappa shape index (κ3) is 2.28. The van der Waals surface area contributed by atoms with Crippen molar-refractivity contribution in [3.05, 3.63) is 30.0 Å². The van der Waals surface area contributed by atoms with Crippen LogP contribution in [0.3, 0.4) is 0 Å². The van der Waals surface area contributed by atoms with Crippen molar-refractivity contribution in [1.82, 2.24) is 9.97 Å².